The van der Waals surface area contributed by atoms with E-state index in [9.17, 15) is 14.7 Å². The van der Waals surface area contributed by atoms with Crippen molar-refractivity contribution in [2.24, 2.45) is 11.8 Å². The molecule has 21 heavy (non-hydrogen) atoms. The van der Waals surface area contributed by atoms with Gasteiger partial charge in [0.15, 0.2) is 0 Å². The molecular weight excluding hydrogens is 268 g/mol. The number of aliphatic hydroxyl groups excluding tert-OH is 1. The van der Waals surface area contributed by atoms with Gasteiger partial charge in [-0.25, -0.2) is 0 Å². The minimum Gasteiger partial charge on any atom is -0.396 e. The molecule has 2 rings (SSSR count). The van der Waals surface area contributed by atoms with Gasteiger partial charge in [0.05, 0.1) is 0 Å². The van der Waals surface area contributed by atoms with E-state index in [1.54, 1.807) is 11.0 Å². The van der Waals surface area contributed by atoms with Crippen LogP contribution in [0.15, 0.2) is 16.9 Å². The van der Waals surface area contributed by atoms with Gasteiger partial charge in [0.25, 0.3) is 5.91 Å². The van der Waals surface area contributed by atoms with Gasteiger partial charge in [-0.1, -0.05) is 13.8 Å². The molecule has 1 atom stereocenters. The van der Waals surface area contributed by atoms with Crippen molar-refractivity contribution in [1.29, 1.82) is 0 Å². The number of amides is 1. The molecule has 1 fully saturated rings. The number of piperidine rings is 1. The van der Waals surface area contributed by atoms with Crippen LogP contribution in [0.25, 0.3) is 0 Å². The summed E-state index contributed by atoms with van der Waals surface area (Å²) in [6, 6.07) is 3.15. The molecule has 5 nitrogen and oxygen atoms in total. The normalized spacial score (nSPS) is 19.0. The van der Waals surface area contributed by atoms with Crippen molar-refractivity contribution in [3.8, 4) is 0 Å². The molecule has 0 aromatic carbocycles. The number of rotatable bonds is 4. The number of aliphatic hydroxyl groups is 1. The van der Waals surface area contributed by atoms with Gasteiger partial charge in [0, 0.05) is 37.0 Å². The number of pyridine rings is 1. The van der Waals surface area contributed by atoms with Crippen molar-refractivity contribution in [3.63, 3.8) is 0 Å². The molecule has 1 aliphatic heterocycles. The van der Waals surface area contributed by atoms with Gasteiger partial charge in [-0.05, 0) is 37.2 Å². The fraction of sp³-hybridized carbons (Fsp3) is 0.625. The van der Waals surface area contributed by atoms with Gasteiger partial charge in [-0.2, -0.15) is 0 Å². The molecule has 1 amide bonds. The lowest BCUT2D eigenvalue weighted by Crippen LogP contribution is -2.41. The first-order valence-electron chi connectivity index (χ1n) is 7.63. The van der Waals surface area contributed by atoms with Crippen LogP contribution in [0, 0.1) is 11.8 Å². The zero-order valence-corrected chi connectivity index (χ0v) is 12.8. The number of carbonyl (C=O) groups excluding carboxylic acids is 1. The molecule has 0 aliphatic carbocycles. The van der Waals surface area contributed by atoms with Crippen LogP contribution < -0.4 is 5.56 Å². The van der Waals surface area contributed by atoms with Crippen molar-refractivity contribution in [1.82, 2.24) is 9.88 Å². The number of nitrogens with one attached hydrogen (secondary N) is 1. The Morgan fingerprint density at radius 3 is 2.90 bits per heavy atom. The lowest BCUT2D eigenvalue weighted by atomic mass is 9.98. The molecule has 5 heteroatoms. The highest BCUT2D eigenvalue weighted by Gasteiger charge is 2.24. The van der Waals surface area contributed by atoms with Crippen LogP contribution in [0.4, 0.5) is 0 Å². The minimum atomic E-state index is -0.229. The number of aromatic amines is 1. The average molecular weight is 292 g/mol. The first-order valence-corrected chi connectivity index (χ1v) is 7.63. The smallest absolute Gasteiger partial charge is 0.254 e. The van der Waals surface area contributed by atoms with E-state index in [1.165, 1.54) is 6.07 Å². The lowest BCUT2D eigenvalue weighted by molar-refractivity contribution is 0.0620. The van der Waals surface area contributed by atoms with Gasteiger partial charge in [-0.3, -0.25) is 9.59 Å². The molecule has 2 N–H and O–H groups in total. The van der Waals surface area contributed by atoms with Crippen LogP contribution in [-0.4, -0.2) is 40.6 Å². The van der Waals surface area contributed by atoms with Crippen LogP contribution >= 0.6 is 0 Å². The highest BCUT2D eigenvalue weighted by molar-refractivity contribution is 5.94. The standard InChI is InChI=1S/C16H24N2O3/c1-11(2)6-14-7-13(8-15(20)17-14)16(21)18-5-3-4-12(9-18)10-19/h7-8,11-12,19H,3-6,9-10H2,1-2H3,(H,17,20). The molecule has 1 aliphatic rings. The largest absolute Gasteiger partial charge is 0.396 e. The summed E-state index contributed by atoms with van der Waals surface area (Å²) < 4.78 is 0. The van der Waals surface area contributed by atoms with E-state index in [1.807, 2.05) is 0 Å². The van der Waals surface area contributed by atoms with E-state index in [0.29, 0.717) is 24.6 Å². The van der Waals surface area contributed by atoms with E-state index in [-0.39, 0.29) is 24.0 Å². The summed E-state index contributed by atoms with van der Waals surface area (Å²) in [4.78, 5) is 28.8. The van der Waals surface area contributed by atoms with E-state index < -0.39 is 0 Å². The second-order valence-corrected chi connectivity index (χ2v) is 6.30. The number of hydrogen-bond acceptors (Lipinski definition) is 3. The Morgan fingerprint density at radius 2 is 2.24 bits per heavy atom. The first-order chi connectivity index (χ1) is 9.99. The molecule has 1 aromatic heterocycles. The Bertz CT molecular complexity index is 551. The maximum Gasteiger partial charge on any atom is 0.254 e. The van der Waals surface area contributed by atoms with Crippen molar-refractivity contribution in [3.05, 3.63) is 33.7 Å². The van der Waals surface area contributed by atoms with Crippen LogP contribution in [0.1, 0.15) is 42.7 Å². The summed E-state index contributed by atoms with van der Waals surface area (Å²) in [5.41, 5.74) is 1.02. The summed E-state index contributed by atoms with van der Waals surface area (Å²) in [6.07, 6.45) is 2.60. The lowest BCUT2D eigenvalue weighted by Gasteiger charge is -2.32. The van der Waals surface area contributed by atoms with E-state index >= 15 is 0 Å². The first kappa shape index (κ1) is 15.8. The van der Waals surface area contributed by atoms with Crippen LogP contribution in [0.3, 0.4) is 0 Å². The number of likely N-dealkylation sites (tertiary alicyclic amines) is 1. The van der Waals surface area contributed by atoms with Crippen molar-refractivity contribution >= 4 is 5.91 Å². The molecule has 1 saturated heterocycles. The quantitative estimate of drug-likeness (QED) is 0.881. The molecule has 116 valence electrons. The highest BCUT2D eigenvalue weighted by atomic mass is 16.3. The second kappa shape index (κ2) is 6.89. The Labute approximate surface area is 125 Å². The van der Waals surface area contributed by atoms with Gasteiger partial charge < -0.3 is 15.0 Å². The zero-order chi connectivity index (χ0) is 15.4. The van der Waals surface area contributed by atoms with Crippen LogP contribution in [0.2, 0.25) is 0 Å². The summed E-state index contributed by atoms with van der Waals surface area (Å²) >= 11 is 0. The van der Waals surface area contributed by atoms with Gasteiger partial charge >= 0.3 is 0 Å². The second-order valence-electron chi connectivity index (χ2n) is 6.30. The Kier molecular flexibility index (Phi) is 5.17. The average Bonchev–Trinajstić information content (AvgIpc) is 2.45. The summed E-state index contributed by atoms with van der Waals surface area (Å²) in [5.74, 6) is 0.462. The van der Waals surface area contributed by atoms with E-state index in [0.717, 1.165) is 25.0 Å². The molecule has 1 aromatic rings. The molecule has 0 saturated carbocycles. The topological polar surface area (TPSA) is 73.4 Å². The Balaban J connectivity index is 2.18. The zero-order valence-electron chi connectivity index (χ0n) is 12.8. The highest BCUT2D eigenvalue weighted by Crippen LogP contribution is 2.18. The molecule has 0 bridgehead atoms. The predicted octanol–water partition coefficient (Wildman–Crippen LogP) is 1.42. The van der Waals surface area contributed by atoms with Crippen LogP contribution in [0.5, 0.6) is 0 Å². The number of hydrogen-bond donors (Lipinski definition) is 2. The number of nitrogens with zero attached hydrogens (tertiary/aromatic N) is 1. The monoisotopic (exact) mass is 292 g/mol. The molecule has 0 radical (unpaired) electrons. The maximum atomic E-state index is 12.5. The third-order valence-electron chi connectivity index (χ3n) is 3.84. The van der Waals surface area contributed by atoms with E-state index in [4.69, 9.17) is 0 Å². The minimum absolute atomic E-state index is 0.107. The number of H-pyrrole nitrogens is 1. The predicted molar refractivity (Wildman–Crippen MR) is 81.3 cm³/mol. The van der Waals surface area contributed by atoms with Gasteiger partial charge in [0.2, 0.25) is 5.56 Å². The van der Waals surface area contributed by atoms with E-state index in [2.05, 4.69) is 18.8 Å². The van der Waals surface area contributed by atoms with Crippen LogP contribution in [-0.2, 0) is 6.42 Å². The fourth-order valence-electron chi connectivity index (χ4n) is 2.86. The van der Waals surface area contributed by atoms with Crippen molar-refractivity contribution in [2.45, 2.75) is 33.1 Å². The number of aromatic nitrogens is 1. The molecule has 2 heterocycles. The number of carbonyl (C=O) groups is 1. The summed E-state index contributed by atoms with van der Waals surface area (Å²) in [5, 5.41) is 9.26. The summed E-state index contributed by atoms with van der Waals surface area (Å²) in [6.45, 7) is 5.52. The third-order valence-corrected chi connectivity index (χ3v) is 3.84. The SMILES string of the molecule is CC(C)Cc1cc(C(=O)N2CCCC(CO)C2)cc(=O)[nH]1. The molecular formula is C16H24N2O3. The van der Waals surface area contributed by atoms with Crippen molar-refractivity contribution in [2.75, 3.05) is 19.7 Å². The van der Waals surface area contributed by atoms with Gasteiger partial charge in [0.1, 0.15) is 0 Å². The Morgan fingerprint density at radius 1 is 1.48 bits per heavy atom. The molecule has 0 spiro atoms. The summed E-state index contributed by atoms with van der Waals surface area (Å²) in [7, 11) is 0. The molecule has 1 unspecified atom stereocenters. The fourth-order valence-corrected chi connectivity index (χ4v) is 2.86. The van der Waals surface area contributed by atoms with Gasteiger partial charge in [-0.15, -0.1) is 0 Å². The van der Waals surface area contributed by atoms with Crippen molar-refractivity contribution < 1.29 is 9.90 Å². The maximum absolute atomic E-state index is 12.5. The Hall–Kier alpha value is -1.62. The third kappa shape index (κ3) is 4.17.